The van der Waals surface area contributed by atoms with E-state index in [-0.39, 0.29) is 5.69 Å². The topological polar surface area (TPSA) is 43.1 Å². The van der Waals surface area contributed by atoms with Crippen molar-refractivity contribution in [2.75, 3.05) is 0 Å². The molecule has 0 radical (unpaired) electrons. The van der Waals surface area contributed by atoms with Gasteiger partial charge in [-0.1, -0.05) is 23.6 Å². The van der Waals surface area contributed by atoms with E-state index in [1.807, 2.05) is 31.2 Å². The first-order chi connectivity index (χ1) is 11.0. The van der Waals surface area contributed by atoms with Crippen molar-refractivity contribution in [1.82, 2.24) is 0 Å². The molecule has 4 heteroatoms. The molecule has 0 unspecified atom stereocenters. The van der Waals surface area contributed by atoms with E-state index in [4.69, 9.17) is 18.0 Å². The highest BCUT2D eigenvalue weighted by molar-refractivity contribution is 6.31. The van der Waals surface area contributed by atoms with E-state index < -0.39 is 4.92 Å². The number of rotatable bonds is 2. The summed E-state index contributed by atoms with van der Waals surface area (Å²) >= 11 is 6.07. The van der Waals surface area contributed by atoms with Gasteiger partial charge in [0, 0.05) is 22.7 Å². The zero-order chi connectivity index (χ0) is 16.6. The normalized spacial score (nSPS) is 14.7. The number of allylic oxidation sites excluding steroid dienone is 3. The van der Waals surface area contributed by atoms with Crippen LogP contribution in [0.1, 0.15) is 23.6 Å². The molecule has 3 nitrogen and oxygen atoms in total. The van der Waals surface area contributed by atoms with Crippen molar-refractivity contribution in [1.29, 1.82) is 0 Å². The van der Waals surface area contributed by atoms with Gasteiger partial charge in [0.05, 0.1) is 4.92 Å². The molecular weight excluding hydrogens is 310 g/mol. The molecule has 2 aromatic rings. The van der Waals surface area contributed by atoms with E-state index in [2.05, 4.69) is 5.92 Å². The molecule has 0 N–H and O–H groups in total. The number of non-ortho nitro benzene ring substituents is 1. The molecule has 0 spiro atoms. The molecule has 1 aliphatic carbocycles. The Morgan fingerprint density at radius 3 is 2.48 bits per heavy atom. The van der Waals surface area contributed by atoms with Crippen LogP contribution in [0.5, 0.6) is 0 Å². The molecule has 0 heterocycles. The average Bonchev–Trinajstić information content (AvgIpc) is 2.79. The van der Waals surface area contributed by atoms with E-state index in [9.17, 15) is 10.1 Å². The molecule has 0 bridgehead atoms. The van der Waals surface area contributed by atoms with Crippen molar-refractivity contribution in [2.24, 2.45) is 0 Å². The van der Waals surface area contributed by atoms with E-state index >= 15 is 0 Å². The molecule has 0 saturated carbocycles. The first kappa shape index (κ1) is 15.1. The van der Waals surface area contributed by atoms with Crippen LogP contribution in [-0.4, -0.2) is 4.92 Å². The summed E-state index contributed by atoms with van der Waals surface area (Å²) in [7, 11) is 0. The molecule has 0 aliphatic heterocycles. The molecule has 0 atom stereocenters. The summed E-state index contributed by atoms with van der Waals surface area (Å²) in [5.41, 5.74) is 5.77. The number of benzene rings is 2. The molecule has 3 rings (SSSR count). The quantitative estimate of drug-likeness (QED) is 0.433. The fourth-order valence-electron chi connectivity index (χ4n) is 2.73. The maximum Gasteiger partial charge on any atom is 0.269 e. The molecule has 112 valence electrons. The van der Waals surface area contributed by atoms with Gasteiger partial charge in [-0.25, -0.2) is 0 Å². The van der Waals surface area contributed by atoms with Gasteiger partial charge in [0.1, 0.15) is 0 Å². The zero-order valence-electron chi connectivity index (χ0n) is 12.3. The van der Waals surface area contributed by atoms with Crippen LogP contribution in [-0.2, 0) is 0 Å². The Bertz CT molecular complexity index is 915. The molecule has 0 amide bonds. The predicted octanol–water partition coefficient (Wildman–Crippen LogP) is 5.21. The van der Waals surface area contributed by atoms with Crippen molar-refractivity contribution >= 4 is 34.5 Å². The van der Waals surface area contributed by atoms with Gasteiger partial charge in [-0.2, -0.15) is 0 Å². The first-order valence-electron chi connectivity index (χ1n) is 6.95. The van der Waals surface area contributed by atoms with Gasteiger partial charge < -0.3 is 0 Å². The smallest absolute Gasteiger partial charge is 0.258 e. The van der Waals surface area contributed by atoms with Crippen molar-refractivity contribution in [3.05, 3.63) is 79.9 Å². The van der Waals surface area contributed by atoms with Crippen LogP contribution in [0.25, 0.3) is 17.2 Å². The minimum Gasteiger partial charge on any atom is -0.258 e. The number of fused-ring (bicyclic) bond motifs is 1. The largest absolute Gasteiger partial charge is 0.269 e. The molecule has 1 aliphatic rings. The SMILES string of the molecule is C#CC1=C(C)C(=Cc2ccc([N+](=O)[O-])cc2)c2ccc(Cl)cc21. The van der Waals surface area contributed by atoms with E-state index in [1.54, 1.807) is 12.1 Å². The van der Waals surface area contributed by atoms with Crippen LogP contribution in [0.4, 0.5) is 5.69 Å². The maximum absolute atomic E-state index is 10.7. The minimum absolute atomic E-state index is 0.0716. The molecule has 0 fully saturated rings. The second kappa shape index (κ2) is 5.75. The standard InChI is InChI=1S/C19H12ClNO2/c1-3-16-12(2)18(17-9-6-14(20)11-19(16)17)10-13-4-7-15(8-5-13)21(22)23/h1,4-11H,2H3. The summed E-state index contributed by atoms with van der Waals surface area (Å²) in [5.74, 6) is 2.73. The summed E-state index contributed by atoms with van der Waals surface area (Å²) in [5, 5.41) is 11.4. The molecule has 0 saturated heterocycles. The number of hydrogen-bond donors (Lipinski definition) is 0. The Kier molecular flexibility index (Phi) is 3.77. The van der Waals surface area contributed by atoms with Gasteiger partial charge >= 0.3 is 0 Å². The molecule has 0 aromatic heterocycles. The van der Waals surface area contributed by atoms with E-state index in [1.165, 1.54) is 12.1 Å². The zero-order valence-corrected chi connectivity index (χ0v) is 13.1. The third kappa shape index (κ3) is 2.65. The fraction of sp³-hybridized carbons (Fsp3) is 0.0526. The van der Waals surface area contributed by atoms with Gasteiger partial charge in [0.25, 0.3) is 5.69 Å². The van der Waals surface area contributed by atoms with Crippen LogP contribution in [0, 0.1) is 22.5 Å². The molecule has 23 heavy (non-hydrogen) atoms. The number of nitro groups is 1. The summed E-state index contributed by atoms with van der Waals surface area (Å²) in [4.78, 5) is 10.3. The molecule has 2 aromatic carbocycles. The van der Waals surface area contributed by atoms with E-state index in [0.29, 0.717) is 5.02 Å². The Morgan fingerprint density at radius 1 is 1.17 bits per heavy atom. The van der Waals surface area contributed by atoms with Gasteiger partial charge in [-0.15, -0.1) is 6.42 Å². The summed E-state index contributed by atoms with van der Waals surface area (Å²) in [6.45, 7) is 1.97. The summed E-state index contributed by atoms with van der Waals surface area (Å²) in [6, 6.07) is 12.1. The fourth-order valence-corrected chi connectivity index (χ4v) is 2.90. The van der Waals surface area contributed by atoms with Crippen LogP contribution < -0.4 is 0 Å². The van der Waals surface area contributed by atoms with Gasteiger partial charge in [-0.05, 0) is 65.1 Å². The number of halogens is 1. The lowest BCUT2D eigenvalue weighted by Crippen LogP contribution is -1.87. The van der Waals surface area contributed by atoms with Gasteiger partial charge in [0.15, 0.2) is 0 Å². The summed E-state index contributed by atoms with van der Waals surface area (Å²) in [6.07, 6.45) is 7.63. The Morgan fingerprint density at radius 2 is 1.87 bits per heavy atom. The predicted molar refractivity (Wildman–Crippen MR) is 93.8 cm³/mol. The van der Waals surface area contributed by atoms with Crippen molar-refractivity contribution in [3.63, 3.8) is 0 Å². The van der Waals surface area contributed by atoms with Gasteiger partial charge in [0.2, 0.25) is 0 Å². The maximum atomic E-state index is 10.7. The van der Waals surface area contributed by atoms with Crippen LogP contribution in [0.3, 0.4) is 0 Å². The van der Waals surface area contributed by atoms with Crippen LogP contribution in [0.15, 0.2) is 48.0 Å². The van der Waals surface area contributed by atoms with Gasteiger partial charge in [-0.3, -0.25) is 10.1 Å². The highest BCUT2D eigenvalue weighted by atomic mass is 35.5. The Labute approximate surface area is 139 Å². The monoisotopic (exact) mass is 321 g/mol. The lowest BCUT2D eigenvalue weighted by Gasteiger charge is -2.04. The van der Waals surface area contributed by atoms with E-state index in [0.717, 1.165) is 33.4 Å². The number of terminal acetylenes is 1. The lowest BCUT2D eigenvalue weighted by atomic mass is 10.0. The number of hydrogen-bond acceptors (Lipinski definition) is 2. The Balaban J connectivity index is 2.11. The van der Waals surface area contributed by atoms with Crippen LogP contribution in [0.2, 0.25) is 5.02 Å². The summed E-state index contributed by atoms with van der Waals surface area (Å²) < 4.78 is 0. The van der Waals surface area contributed by atoms with Crippen molar-refractivity contribution in [2.45, 2.75) is 6.92 Å². The third-order valence-corrected chi connectivity index (χ3v) is 4.11. The van der Waals surface area contributed by atoms with Crippen LogP contribution >= 0.6 is 11.6 Å². The molecular formula is C19H12ClNO2. The second-order valence-electron chi connectivity index (χ2n) is 5.24. The van der Waals surface area contributed by atoms with Crippen molar-refractivity contribution < 1.29 is 4.92 Å². The second-order valence-corrected chi connectivity index (χ2v) is 5.68. The first-order valence-corrected chi connectivity index (χ1v) is 7.33. The minimum atomic E-state index is -0.411. The third-order valence-electron chi connectivity index (χ3n) is 3.88. The average molecular weight is 322 g/mol. The number of nitrogens with zero attached hydrogens (tertiary/aromatic N) is 1. The highest BCUT2D eigenvalue weighted by Crippen LogP contribution is 2.42. The highest BCUT2D eigenvalue weighted by Gasteiger charge is 2.22. The number of nitro benzene ring substituents is 1. The lowest BCUT2D eigenvalue weighted by molar-refractivity contribution is -0.384. The van der Waals surface area contributed by atoms with Crippen molar-refractivity contribution in [3.8, 4) is 12.3 Å². The Hall–Kier alpha value is -2.83.